The first kappa shape index (κ1) is 23.1. The molecule has 7 nitrogen and oxygen atoms in total. The van der Waals surface area contributed by atoms with E-state index >= 15 is 0 Å². The van der Waals surface area contributed by atoms with E-state index in [1.54, 1.807) is 19.9 Å². The summed E-state index contributed by atoms with van der Waals surface area (Å²) < 4.78 is 18.3. The molecule has 2 aliphatic rings. The average molecular weight is 454 g/mol. The number of rotatable bonds is 5. The first-order chi connectivity index (χ1) is 15.5. The number of allylic oxidation sites excluding steroid dienone is 2. The van der Waals surface area contributed by atoms with Crippen LogP contribution in [0.5, 0.6) is 17.2 Å². The first-order valence-corrected chi connectivity index (χ1v) is 11.0. The van der Waals surface area contributed by atoms with Crippen LogP contribution in [0.3, 0.4) is 0 Å². The summed E-state index contributed by atoms with van der Waals surface area (Å²) in [6.07, 6.45) is 2.00. The Morgan fingerprint density at radius 1 is 1.33 bits per heavy atom. The van der Waals surface area contributed by atoms with Gasteiger partial charge in [0.1, 0.15) is 12.4 Å². The van der Waals surface area contributed by atoms with E-state index in [0.717, 1.165) is 16.7 Å². The number of phenolic OH excluding ortho intramolecular Hbond substituents is 1. The van der Waals surface area contributed by atoms with Gasteiger partial charge in [0.15, 0.2) is 23.3 Å². The Morgan fingerprint density at radius 3 is 2.70 bits per heavy atom. The zero-order chi connectivity index (χ0) is 24.1. The molecule has 4 rings (SSSR count). The molecule has 0 radical (unpaired) electrons. The first-order valence-electron chi connectivity index (χ1n) is 11.0. The van der Waals surface area contributed by atoms with Crippen LogP contribution in [0.4, 0.5) is 0 Å². The molecule has 0 saturated carbocycles. The molecular formula is C26H31NO6. The van der Waals surface area contributed by atoms with E-state index in [-0.39, 0.29) is 17.9 Å². The molecule has 7 heteroatoms. The molecule has 3 N–H and O–H groups in total. The Balaban J connectivity index is 1.98. The normalized spacial score (nSPS) is 21.4. The summed E-state index contributed by atoms with van der Waals surface area (Å²) >= 11 is 0. The SMILES string of the molecule is CO[C@]1(c2cc(C)cc3c2O[C@H](C(C)(C)O)CO3)NC(=O)c2c(O)ccc(CC=C(C)C)c21. The summed E-state index contributed by atoms with van der Waals surface area (Å²) in [5.74, 6) is 0.353. The van der Waals surface area contributed by atoms with Crippen LogP contribution in [0, 0.1) is 6.92 Å². The Hall–Kier alpha value is -3.03. The van der Waals surface area contributed by atoms with Crippen molar-refractivity contribution in [1.82, 2.24) is 5.32 Å². The molecule has 0 fully saturated rings. The quantitative estimate of drug-likeness (QED) is 0.597. The van der Waals surface area contributed by atoms with Gasteiger partial charge in [-0.15, -0.1) is 0 Å². The fraction of sp³-hybridized carbons (Fsp3) is 0.423. The van der Waals surface area contributed by atoms with Crippen LogP contribution < -0.4 is 14.8 Å². The molecule has 0 spiro atoms. The molecule has 0 aliphatic carbocycles. The van der Waals surface area contributed by atoms with E-state index in [4.69, 9.17) is 14.2 Å². The van der Waals surface area contributed by atoms with Crippen molar-refractivity contribution in [1.29, 1.82) is 0 Å². The molecule has 0 aromatic heterocycles. The summed E-state index contributed by atoms with van der Waals surface area (Å²) in [4.78, 5) is 13.1. The number of ether oxygens (including phenoxy) is 3. The van der Waals surface area contributed by atoms with Crippen LogP contribution in [-0.2, 0) is 16.9 Å². The van der Waals surface area contributed by atoms with Gasteiger partial charge < -0.3 is 29.7 Å². The summed E-state index contributed by atoms with van der Waals surface area (Å²) in [7, 11) is 1.51. The molecule has 2 heterocycles. The number of phenols is 1. The Morgan fingerprint density at radius 2 is 2.06 bits per heavy atom. The number of methoxy groups -OCH3 is 1. The lowest BCUT2D eigenvalue weighted by Crippen LogP contribution is -2.48. The number of amides is 1. The molecular weight excluding hydrogens is 422 g/mol. The van der Waals surface area contributed by atoms with Crippen molar-refractivity contribution < 1.29 is 29.2 Å². The minimum absolute atomic E-state index is 0.115. The topological polar surface area (TPSA) is 97.3 Å². The maximum Gasteiger partial charge on any atom is 0.258 e. The third-order valence-electron chi connectivity index (χ3n) is 6.19. The molecule has 0 bridgehead atoms. The van der Waals surface area contributed by atoms with Crippen LogP contribution in [0.25, 0.3) is 0 Å². The number of aryl methyl sites for hydroxylation is 1. The van der Waals surface area contributed by atoms with Gasteiger partial charge in [0.05, 0.1) is 16.7 Å². The number of nitrogens with one attached hydrogen (secondary N) is 1. The molecule has 2 aromatic rings. The second kappa shape index (κ2) is 8.08. The van der Waals surface area contributed by atoms with Crippen LogP contribution in [-0.4, -0.2) is 41.5 Å². The van der Waals surface area contributed by atoms with Crippen molar-refractivity contribution in [3.05, 3.63) is 63.7 Å². The third-order valence-corrected chi connectivity index (χ3v) is 6.19. The zero-order valence-electron chi connectivity index (χ0n) is 19.9. The number of aromatic hydroxyl groups is 1. The van der Waals surface area contributed by atoms with Gasteiger partial charge in [-0.2, -0.15) is 0 Å². The monoisotopic (exact) mass is 453 g/mol. The largest absolute Gasteiger partial charge is 0.507 e. The van der Waals surface area contributed by atoms with Crippen LogP contribution >= 0.6 is 0 Å². The lowest BCUT2D eigenvalue weighted by molar-refractivity contribution is -0.0695. The van der Waals surface area contributed by atoms with E-state index < -0.39 is 23.3 Å². The second-order valence-electron chi connectivity index (χ2n) is 9.53. The van der Waals surface area contributed by atoms with Crippen LogP contribution in [0.2, 0.25) is 0 Å². The number of benzene rings is 2. The molecule has 0 unspecified atom stereocenters. The maximum absolute atomic E-state index is 13.1. The van der Waals surface area contributed by atoms with Crippen LogP contribution in [0.1, 0.15) is 60.3 Å². The highest BCUT2D eigenvalue weighted by Gasteiger charge is 2.51. The molecule has 2 atom stereocenters. The Labute approximate surface area is 194 Å². The van der Waals surface area contributed by atoms with E-state index in [2.05, 4.69) is 11.4 Å². The van der Waals surface area contributed by atoms with Crippen molar-refractivity contribution in [2.45, 2.75) is 58.5 Å². The predicted molar refractivity (Wildman–Crippen MR) is 124 cm³/mol. The lowest BCUT2D eigenvalue weighted by atomic mass is 9.86. The highest BCUT2D eigenvalue weighted by molar-refractivity contribution is 6.03. The second-order valence-corrected chi connectivity index (χ2v) is 9.53. The summed E-state index contributed by atoms with van der Waals surface area (Å²) in [5, 5.41) is 24.1. The Bertz CT molecular complexity index is 1140. The van der Waals surface area contributed by atoms with Gasteiger partial charge in [0, 0.05) is 12.7 Å². The van der Waals surface area contributed by atoms with Gasteiger partial charge in [-0.1, -0.05) is 17.7 Å². The lowest BCUT2D eigenvalue weighted by Gasteiger charge is -2.38. The van der Waals surface area contributed by atoms with E-state index in [9.17, 15) is 15.0 Å². The molecule has 2 aliphatic heterocycles. The number of aliphatic hydroxyl groups is 1. The molecule has 0 saturated heterocycles. The molecule has 2 aromatic carbocycles. The molecule has 33 heavy (non-hydrogen) atoms. The Kier molecular flexibility index (Phi) is 5.66. The minimum atomic E-state index is -1.41. The highest BCUT2D eigenvalue weighted by atomic mass is 16.6. The summed E-state index contributed by atoms with van der Waals surface area (Å²) in [6.45, 7) is 9.44. The number of carbonyl (C=O) groups is 1. The van der Waals surface area contributed by atoms with Gasteiger partial charge >= 0.3 is 0 Å². The van der Waals surface area contributed by atoms with Gasteiger partial charge in [-0.25, -0.2) is 0 Å². The minimum Gasteiger partial charge on any atom is -0.507 e. The standard InChI is InChI=1S/C26H31NO6/c1-14(2)7-8-16-9-10-18(28)21-22(16)26(31-6,27-24(21)29)17-11-15(3)12-19-23(17)33-20(13-32-19)25(4,5)30/h7,9-12,20,28,30H,8,13H2,1-6H3,(H,27,29)/t20-,26-/m0/s1. The predicted octanol–water partition coefficient (Wildman–Crippen LogP) is 3.71. The summed E-state index contributed by atoms with van der Waals surface area (Å²) in [6, 6.07) is 7.07. The van der Waals surface area contributed by atoms with Gasteiger partial charge in [-0.3, -0.25) is 4.79 Å². The fourth-order valence-corrected chi connectivity index (χ4v) is 4.42. The molecule has 1 amide bonds. The van der Waals surface area contributed by atoms with E-state index in [1.807, 2.05) is 32.9 Å². The number of hydrogen-bond acceptors (Lipinski definition) is 6. The average Bonchev–Trinajstić information content (AvgIpc) is 3.06. The van der Waals surface area contributed by atoms with Crippen molar-refractivity contribution in [3.63, 3.8) is 0 Å². The number of hydrogen-bond donors (Lipinski definition) is 3. The van der Waals surface area contributed by atoms with E-state index in [0.29, 0.717) is 29.0 Å². The van der Waals surface area contributed by atoms with Crippen molar-refractivity contribution in [2.24, 2.45) is 0 Å². The van der Waals surface area contributed by atoms with Gasteiger partial charge in [0.25, 0.3) is 5.91 Å². The van der Waals surface area contributed by atoms with Crippen molar-refractivity contribution >= 4 is 5.91 Å². The highest BCUT2D eigenvalue weighted by Crippen LogP contribution is 2.50. The summed E-state index contributed by atoms with van der Waals surface area (Å²) in [5.41, 5.74) is 1.59. The number of carbonyl (C=O) groups excluding carboxylic acids is 1. The smallest absolute Gasteiger partial charge is 0.258 e. The van der Waals surface area contributed by atoms with E-state index in [1.165, 1.54) is 13.2 Å². The number of fused-ring (bicyclic) bond motifs is 2. The third kappa shape index (κ3) is 3.85. The van der Waals surface area contributed by atoms with Crippen LogP contribution in [0.15, 0.2) is 35.9 Å². The van der Waals surface area contributed by atoms with Gasteiger partial charge in [0.2, 0.25) is 0 Å². The van der Waals surface area contributed by atoms with Gasteiger partial charge in [-0.05, 0) is 70.4 Å². The molecule has 176 valence electrons. The zero-order valence-corrected chi connectivity index (χ0v) is 19.9. The van der Waals surface area contributed by atoms with Crippen molar-refractivity contribution in [3.8, 4) is 17.2 Å². The fourth-order valence-electron chi connectivity index (χ4n) is 4.42. The maximum atomic E-state index is 13.1. The van der Waals surface area contributed by atoms with Crippen molar-refractivity contribution in [2.75, 3.05) is 13.7 Å².